The molecule has 0 saturated carbocycles. The summed E-state index contributed by atoms with van der Waals surface area (Å²) in [5.74, 6) is 0.0214. The molecule has 2 heterocycles. The molecule has 0 spiro atoms. The first-order valence-electron chi connectivity index (χ1n) is 6.55. The number of nitrogen functional groups attached to an aromatic ring is 1. The number of nitrogens with zero attached hydrogens (tertiary/aromatic N) is 2. The summed E-state index contributed by atoms with van der Waals surface area (Å²) in [5, 5.41) is 0. The standard InChI is InChI=1S/C14H21N3O/c1-3-14(2)6-8-17(9-7-14)13(18)12-5-4-11(15)10-16-12/h4-5,10H,3,6-9,15H2,1-2H3. The minimum atomic E-state index is 0.0214. The molecular formula is C14H21N3O. The zero-order valence-corrected chi connectivity index (χ0v) is 11.1. The molecule has 0 unspecified atom stereocenters. The van der Waals surface area contributed by atoms with Gasteiger partial charge in [0.25, 0.3) is 5.91 Å². The summed E-state index contributed by atoms with van der Waals surface area (Å²) in [5.41, 5.74) is 7.04. The highest BCUT2D eigenvalue weighted by atomic mass is 16.2. The lowest BCUT2D eigenvalue weighted by atomic mass is 9.78. The first-order valence-corrected chi connectivity index (χ1v) is 6.55. The Morgan fingerprint density at radius 1 is 1.44 bits per heavy atom. The van der Waals surface area contributed by atoms with Crippen molar-refractivity contribution in [2.45, 2.75) is 33.1 Å². The molecule has 18 heavy (non-hydrogen) atoms. The number of aromatic nitrogens is 1. The molecule has 0 bridgehead atoms. The molecule has 1 aromatic rings. The van der Waals surface area contributed by atoms with Crippen molar-refractivity contribution in [3.8, 4) is 0 Å². The summed E-state index contributed by atoms with van der Waals surface area (Å²) >= 11 is 0. The summed E-state index contributed by atoms with van der Waals surface area (Å²) in [6.45, 7) is 6.18. The maximum Gasteiger partial charge on any atom is 0.272 e. The van der Waals surface area contributed by atoms with Gasteiger partial charge in [0, 0.05) is 13.1 Å². The lowest BCUT2D eigenvalue weighted by molar-refractivity contribution is 0.0594. The Kier molecular flexibility index (Phi) is 3.55. The fourth-order valence-electron chi connectivity index (χ4n) is 2.30. The second-order valence-corrected chi connectivity index (χ2v) is 5.43. The number of likely N-dealkylation sites (tertiary alicyclic amines) is 1. The largest absolute Gasteiger partial charge is 0.397 e. The van der Waals surface area contributed by atoms with Gasteiger partial charge in [-0.05, 0) is 30.4 Å². The van der Waals surface area contributed by atoms with Crippen LogP contribution in [0, 0.1) is 5.41 Å². The van der Waals surface area contributed by atoms with Crippen LogP contribution in [0.4, 0.5) is 5.69 Å². The number of hydrogen-bond acceptors (Lipinski definition) is 3. The van der Waals surface area contributed by atoms with Gasteiger partial charge in [-0.3, -0.25) is 4.79 Å². The Morgan fingerprint density at radius 2 is 2.11 bits per heavy atom. The number of amides is 1. The van der Waals surface area contributed by atoms with E-state index in [0.717, 1.165) is 25.9 Å². The van der Waals surface area contributed by atoms with Crippen molar-refractivity contribution in [2.24, 2.45) is 5.41 Å². The van der Waals surface area contributed by atoms with Crippen molar-refractivity contribution in [1.29, 1.82) is 0 Å². The van der Waals surface area contributed by atoms with Crippen LogP contribution in [0.2, 0.25) is 0 Å². The van der Waals surface area contributed by atoms with E-state index in [1.165, 1.54) is 12.6 Å². The zero-order valence-electron chi connectivity index (χ0n) is 11.1. The predicted molar refractivity (Wildman–Crippen MR) is 72.2 cm³/mol. The first kappa shape index (κ1) is 12.9. The van der Waals surface area contributed by atoms with Crippen LogP contribution in [0.3, 0.4) is 0 Å². The SMILES string of the molecule is CCC1(C)CCN(C(=O)c2ccc(N)cn2)CC1. The van der Waals surface area contributed by atoms with E-state index < -0.39 is 0 Å². The minimum Gasteiger partial charge on any atom is -0.397 e. The third-order valence-corrected chi connectivity index (χ3v) is 4.12. The lowest BCUT2D eigenvalue weighted by Gasteiger charge is -2.38. The molecule has 1 saturated heterocycles. The first-order chi connectivity index (χ1) is 8.54. The summed E-state index contributed by atoms with van der Waals surface area (Å²) in [4.78, 5) is 18.2. The molecule has 2 rings (SSSR count). The Balaban J connectivity index is 2.01. The van der Waals surface area contributed by atoms with Gasteiger partial charge in [-0.2, -0.15) is 0 Å². The molecule has 1 amide bonds. The minimum absolute atomic E-state index is 0.0214. The highest BCUT2D eigenvalue weighted by Crippen LogP contribution is 2.34. The number of hydrogen-bond donors (Lipinski definition) is 1. The van der Waals surface area contributed by atoms with Gasteiger partial charge in [-0.1, -0.05) is 20.3 Å². The Hall–Kier alpha value is -1.58. The van der Waals surface area contributed by atoms with Gasteiger partial charge in [0.2, 0.25) is 0 Å². The van der Waals surface area contributed by atoms with Crippen molar-refractivity contribution < 1.29 is 4.79 Å². The third kappa shape index (κ3) is 2.63. The van der Waals surface area contributed by atoms with Crippen molar-refractivity contribution in [3.05, 3.63) is 24.0 Å². The molecule has 0 atom stereocenters. The quantitative estimate of drug-likeness (QED) is 0.872. The molecule has 1 aliphatic rings. The molecule has 2 N–H and O–H groups in total. The highest BCUT2D eigenvalue weighted by molar-refractivity contribution is 5.92. The van der Waals surface area contributed by atoms with Crippen LogP contribution >= 0.6 is 0 Å². The third-order valence-electron chi connectivity index (χ3n) is 4.12. The number of carbonyl (C=O) groups excluding carboxylic acids is 1. The topological polar surface area (TPSA) is 59.2 Å². The molecule has 98 valence electrons. The van der Waals surface area contributed by atoms with Crippen molar-refractivity contribution >= 4 is 11.6 Å². The summed E-state index contributed by atoms with van der Waals surface area (Å²) in [6.07, 6.45) is 4.86. The van der Waals surface area contributed by atoms with Crippen molar-refractivity contribution in [2.75, 3.05) is 18.8 Å². The van der Waals surface area contributed by atoms with Gasteiger partial charge < -0.3 is 10.6 Å². The van der Waals surface area contributed by atoms with Crippen molar-refractivity contribution in [3.63, 3.8) is 0 Å². The summed E-state index contributed by atoms with van der Waals surface area (Å²) < 4.78 is 0. The van der Waals surface area contributed by atoms with E-state index in [0.29, 0.717) is 16.8 Å². The number of nitrogens with two attached hydrogens (primary N) is 1. The fourth-order valence-corrected chi connectivity index (χ4v) is 2.30. The van der Waals surface area contributed by atoms with Crippen molar-refractivity contribution in [1.82, 2.24) is 9.88 Å². The van der Waals surface area contributed by atoms with E-state index in [2.05, 4.69) is 18.8 Å². The lowest BCUT2D eigenvalue weighted by Crippen LogP contribution is -2.42. The second kappa shape index (κ2) is 4.96. The molecule has 0 radical (unpaired) electrons. The molecule has 1 fully saturated rings. The Bertz CT molecular complexity index is 419. The van der Waals surface area contributed by atoms with E-state index in [-0.39, 0.29) is 5.91 Å². The number of carbonyl (C=O) groups is 1. The Morgan fingerprint density at radius 3 is 2.61 bits per heavy atom. The van der Waals surface area contributed by atoms with Gasteiger partial charge >= 0.3 is 0 Å². The normalized spacial score (nSPS) is 18.7. The van der Waals surface area contributed by atoms with Crippen LogP contribution in [0.15, 0.2) is 18.3 Å². The maximum absolute atomic E-state index is 12.2. The summed E-state index contributed by atoms with van der Waals surface area (Å²) in [6, 6.07) is 3.42. The maximum atomic E-state index is 12.2. The average molecular weight is 247 g/mol. The van der Waals surface area contributed by atoms with Crippen LogP contribution in [-0.4, -0.2) is 28.9 Å². The number of piperidine rings is 1. The Labute approximate surface area is 108 Å². The van der Waals surface area contributed by atoms with Gasteiger partial charge in [-0.15, -0.1) is 0 Å². The highest BCUT2D eigenvalue weighted by Gasteiger charge is 2.30. The molecule has 0 aliphatic carbocycles. The molecule has 1 aliphatic heterocycles. The van der Waals surface area contributed by atoms with Crippen LogP contribution in [0.1, 0.15) is 43.6 Å². The second-order valence-electron chi connectivity index (χ2n) is 5.43. The van der Waals surface area contributed by atoms with Gasteiger partial charge in [0.05, 0.1) is 11.9 Å². The van der Waals surface area contributed by atoms with E-state index in [1.54, 1.807) is 12.1 Å². The molecular weight excluding hydrogens is 226 g/mol. The van der Waals surface area contributed by atoms with E-state index in [9.17, 15) is 4.79 Å². The van der Waals surface area contributed by atoms with Gasteiger partial charge in [-0.25, -0.2) is 4.98 Å². The van der Waals surface area contributed by atoms with E-state index in [4.69, 9.17) is 5.73 Å². The molecule has 4 nitrogen and oxygen atoms in total. The smallest absolute Gasteiger partial charge is 0.272 e. The monoisotopic (exact) mass is 247 g/mol. The summed E-state index contributed by atoms with van der Waals surface area (Å²) in [7, 11) is 0. The average Bonchev–Trinajstić information content (AvgIpc) is 2.40. The number of rotatable bonds is 2. The molecule has 0 aromatic carbocycles. The van der Waals surface area contributed by atoms with Crippen LogP contribution in [-0.2, 0) is 0 Å². The fraction of sp³-hybridized carbons (Fsp3) is 0.571. The van der Waals surface area contributed by atoms with Crippen LogP contribution in [0.25, 0.3) is 0 Å². The van der Waals surface area contributed by atoms with Gasteiger partial charge in [0.1, 0.15) is 5.69 Å². The zero-order chi connectivity index (χ0) is 13.2. The van der Waals surface area contributed by atoms with E-state index in [1.807, 2.05) is 4.90 Å². The van der Waals surface area contributed by atoms with Crippen LogP contribution < -0.4 is 5.73 Å². The number of anilines is 1. The molecule has 1 aromatic heterocycles. The number of pyridine rings is 1. The van der Waals surface area contributed by atoms with Crippen LogP contribution in [0.5, 0.6) is 0 Å². The predicted octanol–water partition coefficient (Wildman–Crippen LogP) is 2.32. The molecule has 4 heteroatoms. The van der Waals surface area contributed by atoms with E-state index >= 15 is 0 Å². The van der Waals surface area contributed by atoms with Gasteiger partial charge in [0.15, 0.2) is 0 Å².